The number of aliphatic hydroxyl groups is 1. The number of carbonyl (C=O) groups excluding carboxylic acids is 1. The highest BCUT2D eigenvalue weighted by Gasteiger charge is 2.11. The SMILES string of the molecule is CC(NC(=O)CSc1ccc(CO)cc1)c1ccco1. The monoisotopic (exact) mass is 291 g/mol. The molecule has 0 saturated heterocycles. The Balaban J connectivity index is 1.79. The van der Waals surface area contributed by atoms with Crippen LogP contribution in [0.1, 0.15) is 24.3 Å². The molecular formula is C15H17NO3S. The van der Waals surface area contributed by atoms with E-state index in [0.717, 1.165) is 16.2 Å². The summed E-state index contributed by atoms with van der Waals surface area (Å²) in [6.45, 7) is 1.92. The van der Waals surface area contributed by atoms with Crippen molar-refractivity contribution >= 4 is 17.7 Å². The van der Waals surface area contributed by atoms with E-state index in [4.69, 9.17) is 9.52 Å². The summed E-state index contributed by atoms with van der Waals surface area (Å²) in [5.74, 6) is 1.06. The van der Waals surface area contributed by atoms with E-state index in [-0.39, 0.29) is 18.6 Å². The standard InChI is InChI=1S/C15H17NO3S/c1-11(14-3-2-8-19-14)16-15(18)10-20-13-6-4-12(9-17)5-7-13/h2-8,11,17H,9-10H2,1H3,(H,16,18). The molecule has 0 radical (unpaired) electrons. The molecule has 0 aliphatic heterocycles. The first kappa shape index (κ1) is 14.7. The Kier molecular flexibility index (Phi) is 5.26. The van der Waals surface area contributed by atoms with E-state index < -0.39 is 0 Å². The van der Waals surface area contributed by atoms with Crippen LogP contribution in [0.15, 0.2) is 52.0 Å². The first-order chi connectivity index (χ1) is 9.69. The molecule has 5 heteroatoms. The van der Waals surface area contributed by atoms with Crippen molar-refractivity contribution in [2.24, 2.45) is 0 Å². The zero-order valence-electron chi connectivity index (χ0n) is 11.2. The topological polar surface area (TPSA) is 62.5 Å². The van der Waals surface area contributed by atoms with Gasteiger partial charge < -0.3 is 14.8 Å². The quantitative estimate of drug-likeness (QED) is 0.803. The Labute approximate surface area is 122 Å². The van der Waals surface area contributed by atoms with E-state index in [0.29, 0.717) is 5.75 Å². The zero-order valence-corrected chi connectivity index (χ0v) is 12.0. The van der Waals surface area contributed by atoms with Gasteiger partial charge in [0.15, 0.2) is 0 Å². The van der Waals surface area contributed by atoms with Crippen LogP contribution in [0, 0.1) is 0 Å². The van der Waals surface area contributed by atoms with Crippen molar-refractivity contribution < 1.29 is 14.3 Å². The van der Waals surface area contributed by atoms with Crippen LogP contribution in [-0.4, -0.2) is 16.8 Å². The van der Waals surface area contributed by atoms with Crippen molar-refractivity contribution in [1.82, 2.24) is 5.32 Å². The van der Waals surface area contributed by atoms with Crippen molar-refractivity contribution in [3.63, 3.8) is 0 Å². The van der Waals surface area contributed by atoms with Crippen LogP contribution in [0.5, 0.6) is 0 Å². The smallest absolute Gasteiger partial charge is 0.230 e. The molecule has 1 heterocycles. The number of thioether (sulfide) groups is 1. The minimum Gasteiger partial charge on any atom is -0.467 e. The summed E-state index contributed by atoms with van der Waals surface area (Å²) in [7, 11) is 0. The van der Waals surface area contributed by atoms with E-state index >= 15 is 0 Å². The first-order valence-corrected chi connectivity index (χ1v) is 7.33. The van der Waals surface area contributed by atoms with Gasteiger partial charge in [0, 0.05) is 4.90 Å². The average molecular weight is 291 g/mol. The minimum absolute atomic E-state index is 0.0338. The summed E-state index contributed by atoms with van der Waals surface area (Å²) in [6.07, 6.45) is 1.59. The minimum atomic E-state index is -0.130. The fraction of sp³-hybridized carbons (Fsp3) is 0.267. The summed E-state index contributed by atoms with van der Waals surface area (Å²) in [6, 6.07) is 11.0. The third kappa shape index (κ3) is 4.15. The number of hydrogen-bond acceptors (Lipinski definition) is 4. The molecule has 2 aromatic rings. The van der Waals surface area contributed by atoms with Crippen molar-refractivity contribution in [2.45, 2.75) is 24.5 Å². The second-order valence-electron chi connectivity index (χ2n) is 4.40. The molecule has 0 aliphatic rings. The maximum Gasteiger partial charge on any atom is 0.230 e. The Bertz CT molecular complexity index is 537. The van der Waals surface area contributed by atoms with E-state index in [1.807, 2.05) is 37.3 Å². The molecule has 0 spiro atoms. The summed E-state index contributed by atoms with van der Waals surface area (Å²) in [5.41, 5.74) is 0.866. The second kappa shape index (κ2) is 7.17. The average Bonchev–Trinajstić information content (AvgIpc) is 3.00. The van der Waals surface area contributed by atoms with Gasteiger partial charge in [-0.3, -0.25) is 4.79 Å². The second-order valence-corrected chi connectivity index (χ2v) is 5.44. The molecule has 0 bridgehead atoms. The number of hydrogen-bond donors (Lipinski definition) is 2. The predicted octanol–water partition coefficient (Wildman–Crippen LogP) is 2.74. The Hall–Kier alpha value is -1.72. The Morgan fingerprint density at radius 2 is 2.10 bits per heavy atom. The highest BCUT2D eigenvalue weighted by atomic mass is 32.2. The van der Waals surface area contributed by atoms with E-state index in [2.05, 4.69) is 5.32 Å². The predicted molar refractivity (Wildman–Crippen MR) is 78.4 cm³/mol. The van der Waals surface area contributed by atoms with Gasteiger partial charge in [-0.15, -0.1) is 11.8 Å². The molecule has 0 aliphatic carbocycles. The van der Waals surface area contributed by atoms with Crippen LogP contribution in [-0.2, 0) is 11.4 Å². The van der Waals surface area contributed by atoms with Crippen molar-refractivity contribution in [3.05, 3.63) is 54.0 Å². The molecule has 2 N–H and O–H groups in total. The van der Waals surface area contributed by atoms with Gasteiger partial charge >= 0.3 is 0 Å². The fourth-order valence-corrected chi connectivity index (χ4v) is 2.44. The number of benzene rings is 1. The highest BCUT2D eigenvalue weighted by Crippen LogP contribution is 2.19. The van der Waals surface area contributed by atoms with Crippen molar-refractivity contribution in [1.29, 1.82) is 0 Å². The van der Waals surface area contributed by atoms with Crippen LogP contribution in [0.3, 0.4) is 0 Å². The number of furan rings is 1. The lowest BCUT2D eigenvalue weighted by atomic mass is 10.2. The number of carbonyl (C=O) groups is 1. The van der Waals surface area contributed by atoms with Gasteiger partial charge in [-0.1, -0.05) is 12.1 Å². The summed E-state index contributed by atoms with van der Waals surface area (Å²) in [4.78, 5) is 12.8. The number of rotatable bonds is 6. The molecule has 2 rings (SSSR count). The molecule has 1 atom stereocenters. The summed E-state index contributed by atoms with van der Waals surface area (Å²) < 4.78 is 5.24. The van der Waals surface area contributed by atoms with E-state index in [1.165, 1.54) is 11.8 Å². The third-order valence-corrected chi connectivity index (χ3v) is 3.84. The van der Waals surface area contributed by atoms with Gasteiger partial charge in [-0.2, -0.15) is 0 Å². The van der Waals surface area contributed by atoms with Crippen LogP contribution >= 0.6 is 11.8 Å². The van der Waals surface area contributed by atoms with Gasteiger partial charge in [0.25, 0.3) is 0 Å². The molecule has 1 aromatic carbocycles. The molecule has 0 fully saturated rings. The van der Waals surface area contributed by atoms with Gasteiger partial charge in [0.1, 0.15) is 5.76 Å². The molecule has 20 heavy (non-hydrogen) atoms. The van der Waals surface area contributed by atoms with Crippen LogP contribution < -0.4 is 5.32 Å². The van der Waals surface area contributed by atoms with Crippen LogP contribution in [0.25, 0.3) is 0 Å². The Morgan fingerprint density at radius 1 is 1.35 bits per heavy atom. The molecule has 1 unspecified atom stereocenters. The summed E-state index contributed by atoms with van der Waals surface area (Å²) in [5, 5.41) is 11.8. The van der Waals surface area contributed by atoms with E-state index in [1.54, 1.807) is 12.3 Å². The van der Waals surface area contributed by atoms with Gasteiger partial charge in [0.05, 0.1) is 24.7 Å². The number of nitrogens with one attached hydrogen (secondary N) is 1. The zero-order chi connectivity index (χ0) is 14.4. The maximum absolute atomic E-state index is 11.8. The van der Waals surface area contributed by atoms with Crippen LogP contribution in [0.2, 0.25) is 0 Å². The van der Waals surface area contributed by atoms with Gasteiger partial charge in [-0.25, -0.2) is 0 Å². The molecule has 0 saturated carbocycles. The first-order valence-electron chi connectivity index (χ1n) is 6.34. The molecular weight excluding hydrogens is 274 g/mol. The highest BCUT2D eigenvalue weighted by molar-refractivity contribution is 8.00. The third-order valence-electron chi connectivity index (χ3n) is 2.82. The lowest BCUT2D eigenvalue weighted by Crippen LogP contribution is -2.27. The number of aliphatic hydroxyl groups excluding tert-OH is 1. The fourth-order valence-electron chi connectivity index (χ4n) is 1.73. The van der Waals surface area contributed by atoms with Crippen molar-refractivity contribution in [3.8, 4) is 0 Å². The maximum atomic E-state index is 11.8. The van der Waals surface area contributed by atoms with Crippen molar-refractivity contribution in [2.75, 3.05) is 5.75 Å². The Morgan fingerprint density at radius 3 is 2.70 bits per heavy atom. The van der Waals surface area contributed by atoms with Gasteiger partial charge in [-0.05, 0) is 36.8 Å². The molecule has 1 amide bonds. The summed E-state index contributed by atoms with van der Waals surface area (Å²) >= 11 is 1.46. The normalized spacial score (nSPS) is 12.1. The number of amides is 1. The largest absolute Gasteiger partial charge is 0.467 e. The molecule has 106 valence electrons. The lowest BCUT2D eigenvalue weighted by molar-refractivity contribution is -0.119. The molecule has 1 aromatic heterocycles. The van der Waals surface area contributed by atoms with Crippen LogP contribution in [0.4, 0.5) is 0 Å². The van der Waals surface area contributed by atoms with E-state index in [9.17, 15) is 4.79 Å². The molecule has 4 nitrogen and oxygen atoms in total. The lowest BCUT2D eigenvalue weighted by Gasteiger charge is -2.11. The van der Waals surface area contributed by atoms with Gasteiger partial charge in [0.2, 0.25) is 5.91 Å².